The van der Waals surface area contributed by atoms with E-state index in [0.29, 0.717) is 0 Å². The van der Waals surface area contributed by atoms with Crippen LogP contribution < -0.4 is 5.56 Å². The molecular weight excluding hydrogens is 304 g/mol. The summed E-state index contributed by atoms with van der Waals surface area (Å²) in [6.45, 7) is 7.10. The molecule has 0 aliphatic heterocycles. The Morgan fingerprint density at radius 2 is 2.00 bits per heavy atom. The molecule has 0 N–H and O–H groups in total. The molecule has 0 fully saturated rings. The van der Waals surface area contributed by atoms with Crippen molar-refractivity contribution in [2.45, 2.75) is 46.6 Å². The molecule has 4 heteroatoms. The summed E-state index contributed by atoms with van der Waals surface area (Å²) in [5.74, 6) is 0. The number of aromatic nitrogens is 2. The number of benzene rings is 1. The van der Waals surface area contributed by atoms with Crippen LogP contribution in [0.5, 0.6) is 0 Å². The SMILES string of the molecule is CCCCCn1cnc2scc(-c3ccc(C)cc3C)c2c1=O. The average Bonchev–Trinajstić information content (AvgIpc) is 2.94. The van der Waals surface area contributed by atoms with Crippen molar-refractivity contribution < 1.29 is 0 Å². The van der Waals surface area contributed by atoms with Gasteiger partial charge in [-0.3, -0.25) is 9.36 Å². The first-order valence-corrected chi connectivity index (χ1v) is 9.04. The van der Waals surface area contributed by atoms with Crippen molar-refractivity contribution in [3.05, 3.63) is 51.4 Å². The van der Waals surface area contributed by atoms with E-state index < -0.39 is 0 Å². The molecule has 0 radical (unpaired) electrons. The van der Waals surface area contributed by atoms with E-state index in [4.69, 9.17) is 0 Å². The highest BCUT2D eigenvalue weighted by molar-refractivity contribution is 7.17. The van der Waals surface area contributed by atoms with Gasteiger partial charge in [0.25, 0.3) is 5.56 Å². The Hall–Kier alpha value is -1.94. The lowest BCUT2D eigenvalue weighted by molar-refractivity contribution is 0.584. The molecule has 0 spiro atoms. The molecule has 2 aromatic heterocycles. The van der Waals surface area contributed by atoms with Crippen LogP contribution in [-0.2, 0) is 6.54 Å². The van der Waals surface area contributed by atoms with Crippen molar-refractivity contribution in [1.29, 1.82) is 0 Å². The van der Waals surface area contributed by atoms with Gasteiger partial charge in [-0.05, 0) is 31.4 Å². The molecule has 0 amide bonds. The van der Waals surface area contributed by atoms with E-state index in [2.05, 4.69) is 49.3 Å². The van der Waals surface area contributed by atoms with Crippen LogP contribution in [0.3, 0.4) is 0 Å². The van der Waals surface area contributed by atoms with Gasteiger partial charge in [-0.25, -0.2) is 4.98 Å². The lowest BCUT2D eigenvalue weighted by atomic mass is 9.99. The summed E-state index contributed by atoms with van der Waals surface area (Å²) in [5.41, 5.74) is 4.67. The second-order valence-electron chi connectivity index (χ2n) is 6.10. The Labute approximate surface area is 140 Å². The van der Waals surface area contributed by atoms with E-state index in [1.54, 1.807) is 22.2 Å². The predicted molar refractivity (Wildman–Crippen MR) is 98.3 cm³/mol. The van der Waals surface area contributed by atoms with Crippen LogP contribution in [-0.4, -0.2) is 9.55 Å². The Morgan fingerprint density at radius 3 is 2.74 bits per heavy atom. The summed E-state index contributed by atoms with van der Waals surface area (Å²) >= 11 is 1.55. The lowest BCUT2D eigenvalue weighted by Gasteiger charge is -2.08. The van der Waals surface area contributed by atoms with E-state index in [1.807, 2.05) is 0 Å². The average molecular weight is 326 g/mol. The summed E-state index contributed by atoms with van der Waals surface area (Å²) in [6.07, 6.45) is 5.00. The standard InChI is InChI=1S/C19H22N2OS/c1-4-5-6-9-21-12-20-18-17(19(21)22)16(11-23-18)15-8-7-13(2)10-14(15)3/h7-8,10-12H,4-6,9H2,1-3H3. The zero-order valence-electron chi connectivity index (χ0n) is 13.9. The number of nitrogens with zero attached hydrogens (tertiary/aromatic N) is 2. The minimum absolute atomic E-state index is 0.0855. The summed E-state index contributed by atoms with van der Waals surface area (Å²) < 4.78 is 1.76. The van der Waals surface area contributed by atoms with Crippen LogP contribution in [0.25, 0.3) is 21.3 Å². The van der Waals surface area contributed by atoms with Crippen LogP contribution in [0.2, 0.25) is 0 Å². The maximum absolute atomic E-state index is 12.9. The Bertz CT molecular complexity index is 892. The number of hydrogen-bond donors (Lipinski definition) is 0. The quantitative estimate of drug-likeness (QED) is 0.623. The van der Waals surface area contributed by atoms with E-state index >= 15 is 0 Å². The van der Waals surface area contributed by atoms with Gasteiger partial charge in [0.05, 0.1) is 11.7 Å². The van der Waals surface area contributed by atoms with Crippen molar-refractivity contribution in [3.8, 4) is 11.1 Å². The molecule has 3 nitrogen and oxygen atoms in total. The van der Waals surface area contributed by atoms with Crippen molar-refractivity contribution in [2.24, 2.45) is 0 Å². The van der Waals surface area contributed by atoms with Gasteiger partial charge in [0, 0.05) is 17.5 Å². The number of fused-ring (bicyclic) bond motifs is 1. The second-order valence-corrected chi connectivity index (χ2v) is 6.96. The number of aryl methyl sites for hydroxylation is 3. The first-order valence-electron chi connectivity index (χ1n) is 8.16. The van der Waals surface area contributed by atoms with Crippen molar-refractivity contribution >= 4 is 21.6 Å². The third-order valence-electron chi connectivity index (χ3n) is 4.24. The number of hydrogen-bond acceptors (Lipinski definition) is 3. The van der Waals surface area contributed by atoms with Crippen molar-refractivity contribution in [2.75, 3.05) is 0 Å². The molecule has 0 saturated carbocycles. The summed E-state index contributed by atoms with van der Waals surface area (Å²) in [7, 11) is 0. The minimum Gasteiger partial charge on any atom is -0.299 e. The fraction of sp³-hybridized carbons (Fsp3) is 0.368. The van der Waals surface area contributed by atoms with Gasteiger partial charge in [0.1, 0.15) is 4.83 Å². The Morgan fingerprint density at radius 1 is 1.17 bits per heavy atom. The molecular formula is C19H22N2OS. The largest absolute Gasteiger partial charge is 0.299 e. The zero-order valence-corrected chi connectivity index (χ0v) is 14.7. The molecule has 1 aromatic carbocycles. The maximum atomic E-state index is 12.9. The Balaban J connectivity index is 2.11. The normalized spacial score (nSPS) is 11.3. The van der Waals surface area contributed by atoms with Crippen molar-refractivity contribution in [1.82, 2.24) is 9.55 Å². The molecule has 23 heavy (non-hydrogen) atoms. The molecule has 0 atom stereocenters. The molecule has 0 aliphatic rings. The minimum atomic E-state index is 0.0855. The highest BCUT2D eigenvalue weighted by Gasteiger charge is 2.14. The molecule has 2 heterocycles. The fourth-order valence-electron chi connectivity index (χ4n) is 2.97. The Kier molecular flexibility index (Phi) is 4.62. The lowest BCUT2D eigenvalue weighted by Crippen LogP contribution is -2.20. The number of rotatable bonds is 5. The van der Waals surface area contributed by atoms with Crippen LogP contribution in [0.4, 0.5) is 0 Å². The van der Waals surface area contributed by atoms with Crippen molar-refractivity contribution in [3.63, 3.8) is 0 Å². The molecule has 0 aliphatic carbocycles. The van der Waals surface area contributed by atoms with Gasteiger partial charge in [0.2, 0.25) is 0 Å². The number of thiophene rings is 1. The van der Waals surface area contributed by atoms with Gasteiger partial charge in [-0.1, -0.05) is 43.5 Å². The second kappa shape index (κ2) is 6.67. The van der Waals surface area contributed by atoms with Gasteiger partial charge in [0.15, 0.2) is 0 Å². The van der Waals surface area contributed by atoms with Gasteiger partial charge >= 0.3 is 0 Å². The fourth-order valence-corrected chi connectivity index (χ4v) is 3.87. The van der Waals surface area contributed by atoms with Crippen LogP contribution in [0.1, 0.15) is 37.3 Å². The van der Waals surface area contributed by atoms with E-state index in [-0.39, 0.29) is 5.56 Å². The van der Waals surface area contributed by atoms with Crippen LogP contribution in [0.15, 0.2) is 34.7 Å². The first-order chi connectivity index (χ1) is 11.1. The molecule has 3 rings (SSSR count). The van der Waals surface area contributed by atoms with Gasteiger partial charge < -0.3 is 0 Å². The summed E-state index contributed by atoms with van der Waals surface area (Å²) in [4.78, 5) is 18.2. The molecule has 3 aromatic rings. The topological polar surface area (TPSA) is 34.9 Å². The smallest absolute Gasteiger partial charge is 0.262 e. The van der Waals surface area contributed by atoms with E-state index in [1.165, 1.54) is 11.1 Å². The third kappa shape index (κ3) is 3.08. The van der Waals surface area contributed by atoms with Crippen LogP contribution >= 0.6 is 11.3 Å². The summed E-state index contributed by atoms with van der Waals surface area (Å²) in [6, 6.07) is 6.37. The highest BCUT2D eigenvalue weighted by Crippen LogP contribution is 2.32. The molecule has 0 saturated heterocycles. The maximum Gasteiger partial charge on any atom is 0.262 e. The summed E-state index contributed by atoms with van der Waals surface area (Å²) in [5, 5.41) is 2.83. The first kappa shape index (κ1) is 15.9. The monoisotopic (exact) mass is 326 g/mol. The predicted octanol–water partition coefficient (Wildman–Crippen LogP) is 4.93. The molecule has 0 bridgehead atoms. The number of unbranched alkanes of at least 4 members (excludes halogenated alkanes) is 2. The molecule has 120 valence electrons. The highest BCUT2D eigenvalue weighted by atomic mass is 32.1. The van der Waals surface area contributed by atoms with E-state index in [9.17, 15) is 4.79 Å². The molecule has 0 unspecified atom stereocenters. The van der Waals surface area contributed by atoms with Gasteiger partial charge in [-0.15, -0.1) is 11.3 Å². The van der Waals surface area contributed by atoms with Gasteiger partial charge in [-0.2, -0.15) is 0 Å². The zero-order chi connectivity index (χ0) is 16.4. The van der Waals surface area contributed by atoms with Crippen LogP contribution in [0, 0.1) is 13.8 Å². The van der Waals surface area contributed by atoms with E-state index in [0.717, 1.165) is 47.2 Å². The third-order valence-corrected chi connectivity index (χ3v) is 5.12.